The van der Waals surface area contributed by atoms with Gasteiger partial charge in [0.2, 0.25) is 0 Å². The highest BCUT2D eigenvalue weighted by molar-refractivity contribution is 5.66. The zero-order valence-electron chi connectivity index (χ0n) is 12.1. The molecule has 0 N–H and O–H groups in total. The smallest absolute Gasteiger partial charge is 0.325 e. The van der Waals surface area contributed by atoms with Crippen molar-refractivity contribution in [1.82, 2.24) is 0 Å². The molecule has 11 heteroatoms. The minimum atomic E-state index is -0.991. The van der Waals surface area contributed by atoms with Crippen LogP contribution in [0.15, 0.2) is 36.4 Å². The van der Waals surface area contributed by atoms with Crippen molar-refractivity contribution in [2.75, 3.05) is 7.11 Å². The van der Waals surface area contributed by atoms with E-state index in [-0.39, 0.29) is 5.75 Å². The van der Waals surface area contributed by atoms with Crippen molar-refractivity contribution >= 4 is 17.1 Å². The lowest BCUT2D eigenvalue weighted by Gasteiger charge is -2.08. The van der Waals surface area contributed by atoms with Crippen LogP contribution in [0.1, 0.15) is 0 Å². The van der Waals surface area contributed by atoms with Gasteiger partial charge >= 0.3 is 11.4 Å². The van der Waals surface area contributed by atoms with Gasteiger partial charge in [0.05, 0.1) is 34.0 Å². The lowest BCUT2D eigenvalue weighted by molar-refractivity contribution is -0.404. The Labute approximate surface area is 133 Å². The molecule has 0 aliphatic carbocycles. The number of methoxy groups -OCH3 is 1. The maximum absolute atomic E-state index is 11.1. The molecular formula is C13H9N3O8. The summed E-state index contributed by atoms with van der Waals surface area (Å²) in [5.74, 6) is -0.307. The second kappa shape index (κ2) is 6.56. The number of non-ortho nitro benzene ring substituents is 1. The molecule has 0 atom stereocenters. The predicted molar refractivity (Wildman–Crippen MR) is 79.5 cm³/mol. The fraction of sp³-hybridized carbons (Fsp3) is 0.0769. The minimum absolute atomic E-state index is 0.0365. The third-order valence-electron chi connectivity index (χ3n) is 2.90. The van der Waals surface area contributed by atoms with Gasteiger partial charge in [-0.25, -0.2) is 0 Å². The molecule has 124 valence electrons. The molecule has 0 saturated heterocycles. The number of hydrogen-bond acceptors (Lipinski definition) is 8. The van der Waals surface area contributed by atoms with Crippen LogP contribution in [-0.2, 0) is 0 Å². The number of benzene rings is 2. The highest BCUT2D eigenvalue weighted by atomic mass is 16.6. The number of nitro groups is 3. The van der Waals surface area contributed by atoms with Gasteiger partial charge in [0.25, 0.3) is 11.4 Å². The summed E-state index contributed by atoms with van der Waals surface area (Å²) in [6.07, 6.45) is 0. The third-order valence-corrected chi connectivity index (χ3v) is 2.90. The number of nitrogens with zero attached hydrogens (tertiary/aromatic N) is 3. The quantitative estimate of drug-likeness (QED) is 0.577. The van der Waals surface area contributed by atoms with E-state index in [4.69, 9.17) is 9.47 Å². The molecule has 0 saturated carbocycles. The first-order valence-electron chi connectivity index (χ1n) is 6.26. The minimum Gasteiger partial charge on any atom is -0.497 e. The molecule has 2 aromatic carbocycles. The summed E-state index contributed by atoms with van der Waals surface area (Å²) >= 11 is 0. The van der Waals surface area contributed by atoms with Gasteiger partial charge in [-0.3, -0.25) is 30.3 Å². The van der Waals surface area contributed by atoms with Gasteiger partial charge in [-0.1, -0.05) is 6.07 Å². The molecule has 0 heterocycles. The number of hydrogen-bond donors (Lipinski definition) is 0. The first kappa shape index (κ1) is 16.6. The first-order chi connectivity index (χ1) is 11.3. The van der Waals surface area contributed by atoms with Crippen molar-refractivity contribution in [1.29, 1.82) is 0 Å². The van der Waals surface area contributed by atoms with Gasteiger partial charge in [-0.2, -0.15) is 0 Å². The Hall–Kier alpha value is -3.76. The van der Waals surface area contributed by atoms with Crippen LogP contribution in [0.25, 0.3) is 0 Å². The van der Waals surface area contributed by atoms with Crippen molar-refractivity contribution in [3.05, 3.63) is 66.7 Å². The van der Waals surface area contributed by atoms with Gasteiger partial charge < -0.3 is 9.47 Å². The lowest BCUT2D eigenvalue weighted by atomic mass is 10.2. The van der Waals surface area contributed by atoms with Gasteiger partial charge in [0.1, 0.15) is 11.5 Å². The second-order valence-electron chi connectivity index (χ2n) is 4.37. The van der Waals surface area contributed by atoms with E-state index in [2.05, 4.69) is 0 Å². The monoisotopic (exact) mass is 335 g/mol. The Morgan fingerprint density at radius 1 is 0.833 bits per heavy atom. The zero-order valence-corrected chi connectivity index (χ0v) is 12.1. The molecular weight excluding hydrogens is 326 g/mol. The summed E-state index contributed by atoms with van der Waals surface area (Å²) < 4.78 is 10.2. The summed E-state index contributed by atoms with van der Waals surface area (Å²) in [6, 6.07) is 7.04. The van der Waals surface area contributed by atoms with Crippen molar-refractivity contribution in [2.24, 2.45) is 0 Å². The number of rotatable bonds is 6. The molecule has 24 heavy (non-hydrogen) atoms. The summed E-state index contributed by atoms with van der Waals surface area (Å²) in [4.78, 5) is 30.1. The molecule has 0 aliphatic heterocycles. The SMILES string of the molecule is COc1cccc(Oc2c([N+](=O)[O-])cc([N+](=O)[O-])cc2[N+](=O)[O-])c1. The molecule has 0 bridgehead atoms. The van der Waals surface area contributed by atoms with E-state index in [0.717, 1.165) is 0 Å². The highest BCUT2D eigenvalue weighted by Gasteiger charge is 2.32. The molecule has 0 spiro atoms. The predicted octanol–water partition coefficient (Wildman–Crippen LogP) is 3.21. The van der Waals surface area contributed by atoms with E-state index in [0.29, 0.717) is 17.9 Å². The van der Waals surface area contributed by atoms with Crippen LogP contribution in [0, 0.1) is 30.3 Å². The summed E-state index contributed by atoms with van der Waals surface area (Å²) in [5, 5.41) is 33.1. The molecule has 2 aromatic rings. The van der Waals surface area contributed by atoms with E-state index in [1.54, 1.807) is 6.07 Å². The van der Waals surface area contributed by atoms with Crippen LogP contribution in [0.2, 0.25) is 0 Å². The average molecular weight is 335 g/mol. The van der Waals surface area contributed by atoms with Crippen molar-refractivity contribution in [2.45, 2.75) is 0 Å². The zero-order chi connectivity index (χ0) is 17.9. The third kappa shape index (κ3) is 3.35. The van der Waals surface area contributed by atoms with Crippen LogP contribution in [0.5, 0.6) is 17.2 Å². The largest absolute Gasteiger partial charge is 0.497 e. The molecule has 0 unspecified atom stereocenters. The van der Waals surface area contributed by atoms with E-state index in [1.807, 2.05) is 0 Å². The highest BCUT2D eigenvalue weighted by Crippen LogP contribution is 2.43. The van der Waals surface area contributed by atoms with Crippen molar-refractivity contribution in [3.8, 4) is 17.2 Å². The van der Waals surface area contributed by atoms with Gasteiger partial charge in [-0.15, -0.1) is 0 Å². The van der Waals surface area contributed by atoms with E-state index < -0.39 is 37.6 Å². The van der Waals surface area contributed by atoms with Gasteiger partial charge in [0.15, 0.2) is 0 Å². The Balaban J connectivity index is 2.63. The van der Waals surface area contributed by atoms with Crippen LogP contribution in [0.4, 0.5) is 17.1 Å². The van der Waals surface area contributed by atoms with Crippen molar-refractivity contribution in [3.63, 3.8) is 0 Å². The average Bonchev–Trinajstić information content (AvgIpc) is 2.54. The Morgan fingerprint density at radius 2 is 1.38 bits per heavy atom. The van der Waals surface area contributed by atoms with Crippen LogP contribution < -0.4 is 9.47 Å². The Kier molecular flexibility index (Phi) is 4.54. The van der Waals surface area contributed by atoms with Crippen LogP contribution in [0.3, 0.4) is 0 Å². The second-order valence-corrected chi connectivity index (χ2v) is 4.37. The molecule has 11 nitrogen and oxygen atoms in total. The van der Waals surface area contributed by atoms with Crippen LogP contribution in [-0.4, -0.2) is 21.9 Å². The fourth-order valence-electron chi connectivity index (χ4n) is 1.85. The molecule has 0 fully saturated rings. The van der Waals surface area contributed by atoms with Crippen molar-refractivity contribution < 1.29 is 24.2 Å². The standard InChI is InChI=1S/C13H9N3O8/c1-23-9-3-2-4-10(7-9)24-13-11(15(19)20)5-8(14(17)18)6-12(13)16(21)22/h2-7H,1H3. The fourth-order valence-corrected chi connectivity index (χ4v) is 1.85. The Morgan fingerprint density at radius 3 is 1.83 bits per heavy atom. The van der Waals surface area contributed by atoms with Gasteiger partial charge in [-0.05, 0) is 12.1 Å². The maximum Gasteiger partial charge on any atom is 0.325 e. The maximum atomic E-state index is 11.1. The summed E-state index contributed by atoms with van der Waals surface area (Å²) in [5.41, 5.74) is -2.57. The summed E-state index contributed by atoms with van der Waals surface area (Å²) in [7, 11) is 1.38. The van der Waals surface area contributed by atoms with Gasteiger partial charge in [0, 0.05) is 6.07 Å². The molecule has 0 aromatic heterocycles. The summed E-state index contributed by atoms with van der Waals surface area (Å²) in [6.45, 7) is 0. The molecule has 0 radical (unpaired) electrons. The lowest BCUT2D eigenvalue weighted by Crippen LogP contribution is -2.01. The molecule has 0 amide bonds. The number of nitro benzene ring substituents is 3. The Bertz CT molecular complexity index is 801. The first-order valence-corrected chi connectivity index (χ1v) is 6.26. The van der Waals surface area contributed by atoms with E-state index in [9.17, 15) is 30.3 Å². The van der Waals surface area contributed by atoms with E-state index >= 15 is 0 Å². The normalized spacial score (nSPS) is 10.0. The van der Waals surface area contributed by atoms with E-state index in [1.165, 1.54) is 25.3 Å². The molecule has 2 rings (SSSR count). The van der Waals surface area contributed by atoms with Crippen LogP contribution >= 0.6 is 0 Å². The number of ether oxygens (including phenoxy) is 2. The molecule has 0 aliphatic rings. The topological polar surface area (TPSA) is 148 Å².